The highest BCUT2D eigenvalue weighted by Crippen LogP contribution is 2.01. The second kappa shape index (κ2) is 6.59. The van der Waals surface area contributed by atoms with Crippen LogP contribution >= 0.6 is 0 Å². The first-order valence-electron chi connectivity index (χ1n) is 5.59. The molecule has 0 heterocycles. The molecule has 0 amide bonds. The monoisotopic (exact) mass is 207 g/mol. The van der Waals surface area contributed by atoms with Crippen LogP contribution in [-0.2, 0) is 6.42 Å². The summed E-state index contributed by atoms with van der Waals surface area (Å²) in [7, 11) is 2.10. The smallest absolute Gasteiger partial charge is 0.0524 e. The molecular weight excluding hydrogens is 186 g/mol. The Morgan fingerprint density at radius 1 is 1.20 bits per heavy atom. The SMILES string of the molecule is CC(O)CCN(C)CCc1ccccc1. The molecule has 2 heteroatoms. The molecule has 0 aromatic heterocycles. The molecule has 0 saturated heterocycles. The van der Waals surface area contributed by atoms with Crippen molar-refractivity contribution >= 4 is 0 Å². The Balaban J connectivity index is 2.19. The van der Waals surface area contributed by atoms with Crippen LogP contribution in [0, 0.1) is 0 Å². The lowest BCUT2D eigenvalue weighted by Crippen LogP contribution is -2.24. The number of aliphatic hydroxyl groups is 1. The first kappa shape index (κ1) is 12.2. The van der Waals surface area contributed by atoms with Gasteiger partial charge in [0.05, 0.1) is 6.10 Å². The fourth-order valence-electron chi connectivity index (χ4n) is 1.48. The maximum absolute atomic E-state index is 9.16. The van der Waals surface area contributed by atoms with Crippen molar-refractivity contribution in [2.24, 2.45) is 0 Å². The van der Waals surface area contributed by atoms with Crippen molar-refractivity contribution in [3.8, 4) is 0 Å². The Morgan fingerprint density at radius 2 is 1.87 bits per heavy atom. The standard InChI is InChI=1S/C13H21NO/c1-12(15)8-10-14(2)11-9-13-6-4-3-5-7-13/h3-7,12,15H,8-11H2,1-2H3. The molecule has 0 radical (unpaired) electrons. The Bertz CT molecular complexity index is 258. The second-order valence-electron chi connectivity index (χ2n) is 4.18. The van der Waals surface area contributed by atoms with Gasteiger partial charge in [0.2, 0.25) is 0 Å². The number of hydrogen-bond donors (Lipinski definition) is 1. The normalized spacial score (nSPS) is 13.1. The minimum atomic E-state index is -0.191. The van der Waals surface area contributed by atoms with Gasteiger partial charge in [-0.2, -0.15) is 0 Å². The van der Waals surface area contributed by atoms with Crippen LogP contribution in [0.1, 0.15) is 18.9 Å². The average Bonchev–Trinajstić information content (AvgIpc) is 2.25. The van der Waals surface area contributed by atoms with Gasteiger partial charge in [0.15, 0.2) is 0 Å². The number of hydrogen-bond acceptors (Lipinski definition) is 2. The van der Waals surface area contributed by atoms with E-state index < -0.39 is 0 Å². The number of aliphatic hydroxyl groups excluding tert-OH is 1. The quantitative estimate of drug-likeness (QED) is 0.770. The molecule has 1 aromatic carbocycles. The van der Waals surface area contributed by atoms with Gasteiger partial charge in [-0.3, -0.25) is 0 Å². The van der Waals surface area contributed by atoms with Gasteiger partial charge in [0.1, 0.15) is 0 Å². The predicted molar refractivity (Wildman–Crippen MR) is 63.9 cm³/mol. The van der Waals surface area contributed by atoms with E-state index >= 15 is 0 Å². The zero-order valence-electron chi connectivity index (χ0n) is 9.69. The lowest BCUT2D eigenvalue weighted by Gasteiger charge is -2.17. The molecule has 15 heavy (non-hydrogen) atoms. The van der Waals surface area contributed by atoms with Crippen molar-refractivity contribution in [1.82, 2.24) is 4.90 Å². The molecule has 0 aliphatic heterocycles. The van der Waals surface area contributed by atoms with Crippen molar-refractivity contribution < 1.29 is 5.11 Å². The molecule has 1 rings (SSSR count). The molecule has 0 aliphatic carbocycles. The first-order valence-corrected chi connectivity index (χ1v) is 5.59. The van der Waals surface area contributed by atoms with E-state index in [-0.39, 0.29) is 6.10 Å². The van der Waals surface area contributed by atoms with E-state index in [0.717, 1.165) is 25.9 Å². The fourth-order valence-corrected chi connectivity index (χ4v) is 1.48. The van der Waals surface area contributed by atoms with Crippen LogP contribution in [0.2, 0.25) is 0 Å². The van der Waals surface area contributed by atoms with Crippen LogP contribution in [0.25, 0.3) is 0 Å². The molecule has 0 bridgehead atoms. The van der Waals surface area contributed by atoms with E-state index in [0.29, 0.717) is 0 Å². The number of rotatable bonds is 6. The van der Waals surface area contributed by atoms with Gasteiger partial charge in [0.25, 0.3) is 0 Å². The summed E-state index contributed by atoms with van der Waals surface area (Å²) in [6.07, 6.45) is 1.74. The molecule has 84 valence electrons. The average molecular weight is 207 g/mol. The Labute approximate surface area is 92.5 Å². The zero-order valence-corrected chi connectivity index (χ0v) is 9.69. The molecular formula is C13H21NO. The highest BCUT2D eigenvalue weighted by molar-refractivity contribution is 5.14. The highest BCUT2D eigenvalue weighted by atomic mass is 16.3. The van der Waals surface area contributed by atoms with Crippen molar-refractivity contribution in [2.45, 2.75) is 25.9 Å². The van der Waals surface area contributed by atoms with E-state index in [1.807, 2.05) is 13.0 Å². The summed E-state index contributed by atoms with van der Waals surface area (Å²) in [4.78, 5) is 2.26. The molecule has 2 nitrogen and oxygen atoms in total. The van der Waals surface area contributed by atoms with Gasteiger partial charge < -0.3 is 10.0 Å². The van der Waals surface area contributed by atoms with Crippen LogP contribution in [0.3, 0.4) is 0 Å². The number of likely N-dealkylation sites (N-methyl/N-ethyl adjacent to an activating group) is 1. The fraction of sp³-hybridized carbons (Fsp3) is 0.538. The lowest BCUT2D eigenvalue weighted by molar-refractivity contribution is 0.165. The van der Waals surface area contributed by atoms with Gasteiger partial charge in [-0.1, -0.05) is 30.3 Å². The van der Waals surface area contributed by atoms with Crippen LogP contribution in [0.5, 0.6) is 0 Å². The number of benzene rings is 1. The predicted octanol–water partition coefficient (Wildman–Crippen LogP) is 1.93. The minimum absolute atomic E-state index is 0.191. The first-order chi connectivity index (χ1) is 7.18. The lowest BCUT2D eigenvalue weighted by atomic mass is 10.1. The number of nitrogens with zero attached hydrogens (tertiary/aromatic N) is 1. The van der Waals surface area contributed by atoms with Gasteiger partial charge >= 0.3 is 0 Å². The summed E-state index contributed by atoms with van der Waals surface area (Å²) in [5, 5.41) is 9.16. The molecule has 0 saturated carbocycles. The van der Waals surface area contributed by atoms with Crippen LogP contribution in [0.15, 0.2) is 30.3 Å². The third-order valence-electron chi connectivity index (χ3n) is 2.55. The largest absolute Gasteiger partial charge is 0.393 e. The summed E-state index contributed by atoms with van der Waals surface area (Å²) in [5.41, 5.74) is 1.38. The van der Waals surface area contributed by atoms with Gasteiger partial charge in [0, 0.05) is 13.1 Å². The molecule has 1 aromatic rings. The van der Waals surface area contributed by atoms with Gasteiger partial charge in [-0.25, -0.2) is 0 Å². The summed E-state index contributed by atoms with van der Waals surface area (Å²) < 4.78 is 0. The van der Waals surface area contributed by atoms with E-state index in [2.05, 4.69) is 36.2 Å². The van der Waals surface area contributed by atoms with E-state index in [1.54, 1.807) is 0 Å². The highest BCUT2D eigenvalue weighted by Gasteiger charge is 2.01. The molecule has 0 spiro atoms. The summed E-state index contributed by atoms with van der Waals surface area (Å²) in [6.45, 7) is 3.85. The van der Waals surface area contributed by atoms with E-state index in [4.69, 9.17) is 5.11 Å². The molecule has 0 aliphatic rings. The van der Waals surface area contributed by atoms with Crippen molar-refractivity contribution in [2.75, 3.05) is 20.1 Å². The summed E-state index contributed by atoms with van der Waals surface area (Å²) in [6, 6.07) is 10.5. The van der Waals surface area contributed by atoms with E-state index in [1.165, 1.54) is 5.56 Å². The van der Waals surface area contributed by atoms with Gasteiger partial charge in [-0.05, 0) is 32.4 Å². The minimum Gasteiger partial charge on any atom is -0.393 e. The Kier molecular flexibility index (Phi) is 5.37. The summed E-state index contributed by atoms with van der Waals surface area (Å²) in [5.74, 6) is 0. The van der Waals surface area contributed by atoms with E-state index in [9.17, 15) is 0 Å². The van der Waals surface area contributed by atoms with Gasteiger partial charge in [-0.15, -0.1) is 0 Å². The second-order valence-corrected chi connectivity index (χ2v) is 4.18. The molecule has 1 atom stereocenters. The third-order valence-corrected chi connectivity index (χ3v) is 2.55. The van der Waals surface area contributed by atoms with Crippen molar-refractivity contribution in [1.29, 1.82) is 0 Å². The van der Waals surface area contributed by atoms with Crippen LogP contribution in [0.4, 0.5) is 0 Å². The zero-order chi connectivity index (χ0) is 11.1. The summed E-state index contributed by atoms with van der Waals surface area (Å²) >= 11 is 0. The van der Waals surface area contributed by atoms with Crippen LogP contribution < -0.4 is 0 Å². The third kappa shape index (κ3) is 5.55. The Hall–Kier alpha value is -0.860. The molecule has 1 N–H and O–H groups in total. The maximum Gasteiger partial charge on any atom is 0.0524 e. The topological polar surface area (TPSA) is 23.5 Å². The van der Waals surface area contributed by atoms with Crippen molar-refractivity contribution in [3.05, 3.63) is 35.9 Å². The Morgan fingerprint density at radius 3 is 2.47 bits per heavy atom. The maximum atomic E-state index is 9.16. The van der Waals surface area contributed by atoms with Crippen molar-refractivity contribution in [3.63, 3.8) is 0 Å². The molecule has 0 fully saturated rings. The molecule has 1 unspecified atom stereocenters. The van der Waals surface area contributed by atoms with Crippen LogP contribution in [-0.4, -0.2) is 36.2 Å².